The number of ether oxygens (including phenoxy) is 3. The van der Waals surface area contributed by atoms with E-state index in [0.717, 1.165) is 89.9 Å². The van der Waals surface area contributed by atoms with Crippen LogP contribution in [0.1, 0.15) is 226 Å². The molecule has 0 aromatic heterocycles. The van der Waals surface area contributed by atoms with Gasteiger partial charge < -0.3 is 45.1 Å². The summed E-state index contributed by atoms with van der Waals surface area (Å²) in [6.45, 7) is 5.56. The number of allylic oxidation sites excluding steroid dienone is 15. The van der Waals surface area contributed by atoms with Crippen molar-refractivity contribution in [2.75, 3.05) is 13.2 Å². The van der Waals surface area contributed by atoms with Crippen molar-refractivity contribution in [3.05, 3.63) is 97.2 Å². The number of carbonyl (C=O) groups is 2. The highest BCUT2D eigenvalue weighted by Crippen LogP contribution is 2.26. The molecule has 11 heteroatoms. The number of amides is 1. The van der Waals surface area contributed by atoms with Gasteiger partial charge in [0.15, 0.2) is 12.4 Å². The van der Waals surface area contributed by atoms with Gasteiger partial charge in [0.25, 0.3) is 0 Å². The van der Waals surface area contributed by atoms with Gasteiger partial charge >= 0.3 is 5.97 Å². The van der Waals surface area contributed by atoms with Crippen molar-refractivity contribution in [1.29, 1.82) is 0 Å². The van der Waals surface area contributed by atoms with E-state index in [4.69, 9.17) is 14.2 Å². The third-order valence-electron chi connectivity index (χ3n) is 13.3. The highest BCUT2D eigenvalue weighted by molar-refractivity contribution is 5.80. The summed E-state index contributed by atoms with van der Waals surface area (Å²) in [5.74, 6) is -1.25. The molecule has 1 aliphatic rings. The smallest absolute Gasteiger partial charge is 0.306 e. The van der Waals surface area contributed by atoms with Crippen LogP contribution < -0.4 is 5.32 Å². The van der Waals surface area contributed by atoms with Crippen LogP contribution in [-0.2, 0) is 23.8 Å². The second-order valence-electron chi connectivity index (χ2n) is 20.1. The summed E-state index contributed by atoms with van der Waals surface area (Å²) in [5.41, 5.74) is 0. The summed E-state index contributed by atoms with van der Waals surface area (Å²) in [4.78, 5) is 26.5. The molecule has 8 unspecified atom stereocenters. The first-order valence-electron chi connectivity index (χ1n) is 29.6. The Hall–Kier alpha value is -3.42. The van der Waals surface area contributed by atoms with E-state index in [1.807, 2.05) is 48.6 Å². The molecule has 6 N–H and O–H groups in total. The van der Waals surface area contributed by atoms with E-state index in [1.54, 1.807) is 6.08 Å². The van der Waals surface area contributed by atoms with E-state index >= 15 is 0 Å². The lowest BCUT2D eigenvalue weighted by molar-refractivity contribution is -0.305. The van der Waals surface area contributed by atoms with Crippen molar-refractivity contribution in [3.8, 4) is 0 Å². The Bertz CT molecular complexity index is 1570. The Morgan fingerprint density at radius 1 is 0.554 bits per heavy atom. The van der Waals surface area contributed by atoms with E-state index in [2.05, 4.69) is 68.6 Å². The molecule has 0 aliphatic carbocycles. The summed E-state index contributed by atoms with van der Waals surface area (Å²) >= 11 is 0. The monoisotopic (exact) mass is 1040 g/mol. The summed E-state index contributed by atoms with van der Waals surface area (Å²) in [6, 6.07) is -1.05. The number of aliphatic hydroxyl groups is 5. The fourth-order valence-electron chi connectivity index (χ4n) is 8.61. The van der Waals surface area contributed by atoms with Gasteiger partial charge in [0, 0.05) is 6.42 Å². The third kappa shape index (κ3) is 38.2. The lowest BCUT2D eigenvalue weighted by atomic mass is 9.99. The largest absolute Gasteiger partial charge is 0.454 e. The highest BCUT2D eigenvalue weighted by atomic mass is 16.7. The Morgan fingerprint density at radius 3 is 1.61 bits per heavy atom. The third-order valence-corrected chi connectivity index (χ3v) is 13.3. The fraction of sp³-hybridized carbons (Fsp3) is 0.714. The maximum Gasteiger partial charge on any atom is 0.306 e. The molecule has 11 nitrogen and oxygen atoms in total. The van der Waals surface area contributed by atoms with Gasteiger partial charge in [-0.2, -0.15) is 0 Å². The molecule has 0 radical (unpaired) electrons. The molecule has 0 aromatic rings. The standard InChI is InChI=1S/C63H107NO10/c1-4-7-10-13-16-19-22-25-26-27-28-29-30-31-32-33-36-39-42-45-48-51-58(68)74-61-60(70)59(69)57(52-65)73-63(61)72-53-54(55(66)49-46-43-40-37-34-23-20-17-14-11-8-5-2)64-62(71)56(67)50-47-44-41-38-35-24-21-18-15-12-9-6-3/h9,12,15-16,18-19,21,24-26,28-29,35,38,46,49,54-57,59-61,63,65-67,69-70H,4-8,10-11,13-14,17,20,22-23,27,30-34,36-37,39-45,47-48,50-53H2,1-3H3,(H,64,71)/b12-9+,18-15+,19-16-,24-21-,26-25-,29-28-,38-35-,49-46+. The van der Waals surface area contributed by atoms with Gasteiger partial charge in [0.2, 0.25) is 5.91 Å². The summed E-state index contributed by atoms with van der Waals surface area (Å²) in [6.07, 6.45) is 56.0. The van der Waals surface area contributed by atoms with Crippen molar-refractivity contribution < 1.29 is 49.3 Å². The molecular weight excluding hydrogens is 931 g/mol. The molecule has 1 fully saturated rings. The number of rotatable bonds is 48. The van der Waals surface area contributed by atoms with Crippen LogP contribution in [0.2, 0.25) is 0 Å². The van der Waals surface area contributed by atoms with Crippen LogP contribution in [0.3, 0.4) is 0 Å². The molecule has 0 aromatic carbocycles. The molecule has 1 saturated heterocycles. The van der Waals surface area contributed by atoms with Crippen molar-refractivity contribution in [2.24, 2.45) is 0 Å². The average Bonchev–Trinajstić information content (AvgIpc) is 3.40. The molecule has 1 amide bonds. The average molecular weight is 1040 g/mol. The predicted octanol–water partition coefficient (Wildman–Crippen LogP) is 13.6. The van der Waals surface area contributed by atoms with Crippen LogP contribution in [0.25, 0.3) is 0 Å². The Morgan fingerprint density at radius 2 is 1.03 bits per heavy atom. The molecule has 424 valence electrons. The number of esters is 1. The Kier molecular flexibility index (Phi) is 46.7. The number of aliphatic hydroxyl groups excluding tert-OH is 5. The Labute approximate surface area is 450 Å². The summed E-state index contributed by atoms with van der Waals surface area (Å²) in [7, 11) is 0. The van der Waals surface area contributed by atoms with Gasteiger partial charge in [-0.1, -0.05) is 234 Å². The van der Waals surface area contributed by atoms with Crippen LogP contribution in [0.5, 0.6) is 0 Å². The van der Waals surface area contributed by atoms with E-state index in [-0.39, 0.29) is 19.4 Å². The molecule has 1 heterocycles. The lowest BCUT2D eigenvalue weighted by Gasteiger charge is -2.41. The minimum atomic E-state index is -1.63. The SMILES string of the molecule is CC/C=C/C=C/C=C\C=C/CCCCC(O)C(=O)NC(COC1OC(CO)C(O)C(O)C1OC(=O)CCCCCCCCCC/C=C\C/C=C\C/C=C\CCCCC)C(O)/C=C/CCCCCCCCCCCC. The first-order chi connectivity index (χ1) is 36.2. The van der Waals surface area contributed by atoms with Crippen molar-refractivity contribution in [1.82, 2.24) is 5.32 Å². The highest BCUT2D eigenvalue weighted by Gasteiger charge is 2.47. The van der Waals surface area contributed by atoms with Crippen LogP contribution in [0.15, 0.2) is 97.2 Å². The zero-order chi connectivity index (χ0) is 54.0. The molecular formula is C63H107NO10. The van der Waals surface area contributed by atoms with Crippen LogP contribution in [0.4, 0.5) is 0 Å². The second kappa shape index (κ2) is 50.4. The quantitative estimate of drug-likeness (QED) is 0.0149. The maximum absolute atomic E-state index is 13.3. The first-order valence-corrected chi connectivity index (χ1v) is 29.6. The zero-order valence-corrected chi connectivity index (χ0v) is 46.7. The molecule has 0 spiro atoms. The van der Waals surface area contributed by atoms with Gasteiger partial charge in [-0.3, -0.25) is 9.59 Å². The normalized spacial score (nSPS) is 20.0. The van der Waals surface area contributed by atoms with E-state index in [9.17, 15) is 35.1 Å². The van der Waals surface area contributed by atoms with Gasteiger partial charge in [-0.15, -0.1) is 0 Å². The molecule has 1 rings (SSSR count). The molecule has 0 bridgehead atoms. The molecule has 74 heavy (non-hydrogen) atoms. The minimum absolute atomic E-state index is 0.105. The summed E-state index contributed by atoms with van der Waals surface area (Å²) in [5, 5.41) is 56.8. The number of hydrogen-bond donors (Lipinski definition) is 6. The van der Waals surface area contributed by atoms with Crippen molar-refractivity contribution >= 4 is 11.9 Å². The van der Waals surface area contributed by atoms with Gasteiger partial charge in [0.05, 0.1) is 25.4 Å². The molecule has 0 saturated carbocycles. The Balaban J connectivity index is 2.70. The van der Waals surface area contributed by atoms with E-state index in [0.29, 0.717) is 12.8 Å². The molecule has 1 aliphatic heterocycles. The number of nitrogens with one attached hydrogen (secondary N) is 1. The second-order valence-corrected chi connectivity index (χ2v) is 20.1. The summed E-state index contributed by atoms with van der Waals surface area (Å²) < 4.78 is 17.6. The minimum Gasteiger partial charge on any atom is -0.454 e. The van der Waals surface area contributed by atoms with Gasteiger partial charge in [-0.05, 0) is 83.5 Å². The van der Waals surface area contributed by atoms with Crippen LogP contribution in [-0.4, -0.2) is 99.6 Å². The van der Waals surface area contributed by atoms with Crippen LogP contribution in [0, 0.1) is 0 Å². The van der Waals surface area contributed by atoms with E-state index in [1.165, 1.54) is 89.9 Å². The van der Waals surface area contributed by atoms with Gasteiger partial charge in [0.1, 0.15) is 24.4 Å². The zero-order valence-electron chi connectivity index (χ0n) is 46.7. The van der Waals surface area contributed by atoms with Crippen molar-refractivity contribution in [2.45, 2.75) is 275 Å². The topological polar surface area (TPSA) is 175 Å². The van der Waals surface area contributed by atoms with Crippen molar-refractivity contribution in [3.63, 3.8) is 0 Å². The maximum atomic E-state index is 13.3. The molecule has 8 atom stereocenters. The lowest BCUT2D eigenvalue weighted by Crippen LogP contribution is -2.61. The first kappa shape index (κ1) is 68.6. The van der Waals surface area contributed by atoms with Crippen LogP contribution >= 0.6 is 0 Å². The van der Waals surface area contributed by atoms with E-state index < -0.39 is 67.4 Å². The predicted molar refractivity (Wildman–Crippen MR) is 305 cm³/mol. The number of hydrogen-bond acceptors (Lipinski definition) is 10. The fourth-order valence-corrected chi connectivity index (χ4v) is 8.61. The number of unbranched alkanes of at least 4 members (excludes halogenated alkanes) is 23. The number of carbonyl (C=O) groups excluding carboxylic acids is 2. The van der Waals surface area contributed by atoms with Gasteiger partial charge in [-0.25, -0.2) is 0 Å².